The lowest BCUT2D eigenvalue weighted by atomic mass is 10.1. The van der Waals surface area contributed by atoms with Crippen LogP contribution in [-0.4, -0.2) is 40.4 Å². The highest BCUT2D eigenvalue weighted by Gasteiger charge is 2.24. The number of carboxylic acid groups (broad SMARTS) is 1. The highest BCUT2D eigenvalue weighted by Crippen LogP contribution is 2.25. The lowest BCUT2D eigenvalue weighted by molar-refractivity contribution is -0.136. The molecule has 0 aliphatic heterocycles. The average Bonchev–Trinajstić information content (AvgIpc) is 2.13. The molecule has 0 aromatic heterocycles. The molecule has 100 valence electrons. The van der Waals surface area contributed by atoms with Gasteiger partial charge in [-0.1, -0.05) is 12.1 Å². The first-order valence-electron chi connectivity index (χ1n) is 4.77. The van der Waals surface area contributed by atoms with Gasteiger partial charge in [-0.15, -0.1) is 0 Å². The molecule has 0 saturated carbocycles. The van der Waals surface area contributed by atoms with Gasteiger partial charge in [0.05, 0.1) is 16.2 Å². The lowest BCUT2D eigenvalue weighted by Crippen LogP contribution is -2.13. The predicted octanol–water partition coefficient (Wildman–Crippen LogP) is 0.121. The number of sulfone groups is 2. The lowest BCUT2D eigenvalue weighted by Gasteiger charge is -2.10. The minimum atomic E-state index is -3.84. The van der Waals surface area contributed by atoms with Crippen molar-refractivity contribution in [3.63, 3.8) is 0 Å². The Hall–Kier alpha value is -1.41. The smallest absolute Gasteiger partial charge is 0.307 e. The summed E-state index contributed by atoms with van der Waals surface area (Å²) in [7, 11) is -7.58. The Labute approximate surface area is 105 Å². The molecular weight excluding hydrogens is 280 g/mol. The molecular formula is C10H12O6S2. The molecule has 0 radical (unpaired) electrons. The van der Waals surface area contributed by atoms with Crippen molar-refractivity contribution in [3.8, 4) is 0 Å². The zero-order chi connectivity index (χ0) is 14.1. The molecule has 0 aliphatic carbocycles. The maximum absolute atomic E-state index is 11.6. The standard InChI is InChI=1S/C10H12O6S2/c1-17(13,14)8-5-3-4-7(6-9(11)12)10(8)18(2,15)16/h3-5H,6H2,1-2H3,(H,11,12). The predicted molar refractivity (Wildman–Crippen MR) is 64.0 cm³/mol. The molecule has 0 spiro atoms. The van der Waals surface area contributed by atoms with E-state index >= 15 is 0 Å². The Morgan fingerprint density at radius 2 is 1.67 bits per heavy atom. The molecule has 1 aromatic carbocycles. The van der Waals surface area contributed by atoms with Gasteiger partial charge in [-0.2, -0.15) is 0 Å². The fraction of sp³-hybridized carbons (Fsp3) is 0.300. The van der Waals surface area contributed by atoms with Crippen LogP contribution in [0.2, 0.25) is 0 Å². The second-order valence-electron chi connectivity index (χ2n) is 3.86. The van der Waals surface area contributed by atoms with E-state index in [1.807, 2.05) is 0 Å². The summed E-state index contributed by atoms with van der Waals surface area (Å²) >= 11 is 0. The van der Waals surface area contributed by atoms with Crippen LogP contribution in [0.4, 0.5) is 0 Å². The summed E-state index contributed by atoms with van der Waals surface area (Å²) in [5.41, 5.74) is -0.0343. The van der Waals surface area contributed by atoms with Crippen molar-refractivity contribution in [1.82, 2.24) is 0 Å². The maximum Gasteiger partial charge on any atom is 0.307 e. The van der Waals surface area contributed by atoms with Crippen molar-refractivity contribution in [2.24, 2.45) is 0 Å². The molecule has 8 heteroatoms. The zero-order valence-corrected chi connectivity index (χ0v) is 11.4. The molecule has 0 amide bonds. The van der Waals surface area contributed by atoms with Gasteiger partial charge in [0.25, 0.3) is 0 Å². The number of carbonyl (C=O) groups is 1. The quantitative estimate of drug-likeness (QED) is 0.845. The molecule has 0 saturated heterocycles. The molecule has 1 aromatic rings. The van der Waals surface area contributed by atoms with Crippen molar-refractivity contribution in [1.29, 1.82) is 0 Å². The fourth-order valence-electron chi connectivity index (χ4n) is 1.58. The van der Waals surface area contributed by atoms with Crippen LogP contribution in [0.1, 0.15) is 5.56 Å². The summed E-state index contributed by atoms with van der Waals surface area (Å²) in [6.45, 7) is 0. The van der Waals surface area contributed by atoms with Gasteiger partial charge in [0.1, 0.15) is 0 Å². The Bertz CT molecular complexity index is 685. The van der Waals surface area contributed by atoms with Crippen molar-refractivity contribution < 1.29 is 26.7 Å². The van der Waals surface area contributed by atoms with Gasteiger partial charge in [-0.05, 0) is 11.6 Å². The zero-order valence-electron chi connectivity index (χ0n) is 9.74. The van der Waals surface area contributed by atoms with Crippen LogP contribution in [0.25, 0.3) is 0 Å². The van der Waals surface area contributed by atoms with Crippen molar-refractivity contribution in [2.75, 3.05) is 12.5 Å². The number of aliphatic carboxylic acids is 1. The van der Waals surface area contributed by atoms with Gasteiger partial charge in [0, 0.05) is 12.5 Å². The van der Waals surface area contributed by atoms with Gasteiger partial charge < -0.3 is 5.11 Å². The third-order valence-electron chi connectivity index (χ3n) is 2.17. The first-order chi connectivity index (χ1) is 8.03. The normalized spacial score (nSPS) is 12.3. The monoisotopic (exact) mass is 292 g/mol. The minimum absolute atomic E-state index is 0.0343. The summed E-state index contributed by atoms with van der Waals surface area (Å²) in [5, 5.41) is 8.71. The van der Waals surface area contributed by atoms with Crippen LogP contribution in [-0.2, 0) is 30.9 Å². The Balaban J connectivity index is 3.72. The van der Waals surface area contributed by atoms with Gasteiger partial charge in [-0.3, -0.25) is 4.79 Å². The van der Waals surface area contributed by atoms with E-state index in [2.05, 4.69) is 0 Å². The summed E-state index contributed by atoms with van der Waals surface area (Å²) in [6.07, 6.45) is 1.18. The first kappa shape index (κ1) is 14.7. The van der Waals surface area contributed by atoms with Crippen molar-refractivity contribution >= 4 is 25.6 Å². The summed E-state index contributed by atoms with van der Waals surface area (Å²) in [4.78, 5) is 9.86. The molecule has 0 bridgehead atoms. The topological polar surface area (TPSA) is 106 Å². The van der Waals surface area contributed by atoms with Gasteiger partial charge in [0.15, 0.2) is 19.7 Å². The molecule has 6 nitrogen and oxygen atoms in total. The average molecular weight is 292 g/mol. The highest BCUT2D eigenvalue weighted by molar-refractivity contribution is 7.93. The number of benzene rings is 1. The first-order valence-corrected chi connectivity index (χ1v) is 8.55. The second-order valence-corrected chi connectivity index (χ2v) is 7.80. The van der Waals surface area contributed by atoms with Gasteiger partial charge >= 0.3 is 5.97 Å². The van der Waals surface area contributed by atoms with E-state index in [1.165, 1.54) is 12.1 Å². The van der Waals surface area contributed by atoms with Crippen LogP contribution in [0.5, 0.6) is 0 Å². The van der Waals surface area contributed by atoms with Crippen LogP contribution >= 0.6 is 0 Å². The van der Waals surface area contributed by atoms with E-state index in [9.17, 15) is 21.6 Å². The van der Waals surface area contributed by atoms with Crippen LogP contribution in [0, 0.1) is 0 Å². The number of hydrogen-bond acceptors (Lipinski definition) is 5. The molecule has 0 heterocycles. The van der Waals surface area contributed by atoms with E-state index in [1.54, 1.807) is 0 Å². The summed E-state index contributed by atoms with van der Waals surface area (Å²) < 4.78 is 46.3. The maximum atomic E-state index is 11.6. The van der Waals surface area contributed by atoms with Crippen molar-refractivity contribution in [2.45, 2.75) is 16.2 Å². The Morgan fingerprint density at radius 3 is 2.06 bits per heavy atom. The van der Waals surface area contributed by atoms with Crippen molar-refractivity contribution in [3.05, 3.63) is 23.8 Å². The molecule has 0 aliphatic rings. The minimum Gasteiger partial charge on any atom is -0.481 e. The van der Waals surface area contributed by atoms with Gasteiger partial charge in [0.2, 0.25) is 0 Å². The summed E-state index contributed by atoms with van der Waals surface area (Å²) in [6, 6.07) is 3.76. The number of carboxylic acids is 1. The Morgan fingerprint density at radius 1 is 1.11 bits per heavy atom. The van der Waals surface area contributed by atoms with E-state index in [4.69, 9.17) is 5.11 Å². The Kier molecular flexibility index (Phi) is 3.82. The third kappa shape index (κ3) is 3.30. The van der Waals surface area contributed by atoms with Crippen LogP contribution < -0.4 is 0 Å². The second kappa shape index (κ2) is 4.69. The molecule has 0 unspecified atom stereocenters. The SMILES string of the molecule is CS(=O)(=O)c1cccc(CC(=O)O)c1S(C)(=O)=O. The van der Waals surface area contributed by atoms with Crippen LogP contribution in [0.3, 0.4) is 0 Å². The van der Waals surface area contributed by atoms with Crippen LogP contribution in [0.15, 0.2) is 28.0 Å². The largest absolute Gasteiger partial charge is 0.481 e. The molecule has 18 heavy (non-hydrogen) atoms. The van der Waals surface area contributed by atoms with E-state index in [-0.39, 0.29) is 10.5 Å². The van der Waals surface area contributed by atoms with E-state index in [0.29, 0.717) is 0 Å². The molecule has 0 atom stereocenters. The molecule has 1 rings (SSSR count). The van der Waals surface area contributed by atoms with E-state index in [0.717, 1.165) is 18.6 Å². The van der Waals surface area contributed by atoms with E-state index < -0.39 is 37.0 Å². The molecule has 0 fully saturated rings. The number of rotatable bonds is 4. The van der Waals surface area contributed by atoms with Gasteiger partial charge in [-0.25, -0.2) is 16.8 Å². The summed E-state index contributed by atoms with van der Waals surface area (Å²) in [5.74, 6) is -1.23. The third-order valence-corrected chi connectivity index (χ3v) is 4.66. The number of hydrogen-bond donors (Lipinski definition) is 1. The molecule has 1 N–H and O–H groups in total. The highest BCUT2D eigenvalue weighted by atomic mass is 32.2. The fourth-order valence-corrected chi connectivity index (χ4v) is 4.33.